The quantitative estimate of drug-likeness (QED) is 0.423. The molecule has 54 valence electrons. The summed E-state index contributed by atoms with van der Waals surface area (Å²) in [5.74, 6) is -0.308. The molecule has 4 nitrogen and oxygen atoms in total. The van der Waals surface area contributed by atoms with Gasteiger partial charge in [-0.05, 0) is 6.92 Å². The van der Waals surface area contributed by atoms with E-state index < -0.39 is 12.1 Å². The molecule has 0 fully saturated rings. The lowest BCUT2D eigenvalue weighted by molar-refractivity contribution is -0.121. The second-order valence-corrected chi connectivity index (χ2v) is 1.98. The molecular formula is C5H12N2O2. The highest BCUT2D eigenvalue weighted by Crippen LogP contribution is 1.84. The minimum atomic E-state index is -0.815. The van der Waals surface area contributed by atoms with Crippen LogP contribution in [0.4, 0.5) is 0 Å². The van der Waals surface area contributed by atoms with Gasteiger partial charge in [-0.3, -0.25) is 4.79 Å². The van der Waals surface area contributed by atoms with Crippen molar-refractivity contribution >= 4 is 5.78 Å². The molecule has 9 heavy (non-hydrogen) atoms. The van der Waals surface area contributed by atoms with Gasteiger partial charge in [-0.2, -0.15) is 0 Å². The molecule has 0 saturated carbocycles. The van der Waals surface area contributed by atoms with Crippen LogP contribution in [-0.2, 0) is 4.79 Å². The molecular weight excluding hydrogens is 120 g/mol. The van der Waals surface area contributed by atoms with Crippen LogP contribution >= 0.6 is 0 Å². The Balaban J connectivity index is 3.73. The molecule has 0 aliphatic rings. The maximum atomic E-state index is 10.7. The first-order valence-electron chi connectivity index (χ1n) is 2.75. The van der Waals surface area contributed by atoms with Gasteiger partial charge >= 0.3 is 0 Å². The fourth-order valence-electron chi connectivity index (χ4n) is 0.428. The lowest BCUT2D eigenvalue weighted by atomic mass is 10.1. The van der Waals surface area contributed by atoms with Crippen molar-refractivity contribution in [1.29, 1.82) is 0 Å². The van der Waals surface area contributed by atoms with E-state index in [1.54, 1.807) is 0 Å². The Morgan fingerprint density at radius 3 is 2.22 bits per heavy atom. The Morgan fingerprint density at radius 2 is 2.11 bits per heavy atom. The molecule has 0 heterocycles. The molecule has 0 aromatic rings. The van der Waals surface area contributed by atoms with Gasteiger partial charge in [-0.25, -0.2) is 0 Å². The molecule has 0 aromatic heterocycles. The van der Waals surface area contributed by atoms with Crippen LogP contribution in [0.25, 0.3) is 0 Å². The lowest BCUT2D eigenvalue weighted by Crippen LogP contribution is -2.43. The van der Waals surface area contributed by atoms with Crippen molar-refractivity contribution in [3.05, 3.63) is 0 Å². The fraction of sp³-hybridized carbons (Fsp3) is 0.800. The summed E-state index contributed by atoms with van der Waals surface area (Å²) in [6, 6.07) is -1.39. The zero-order valence-electron chi connectivity index (χ0n) is 5.37. The van der Waals surface area contributed by atoms with Crippen molar-refractivity contribution in [1.82, 2.24) is 0 Å². The maximum Gasteiger partial charge on any atom is 0.168 e. The van der Waals surface area contributed by atoms with Crippen molar-refractivity contribution in [2.45, 2.75) is 19.0 Å². The van der Waals surface area contributed by atoms with Crippen LogP contribution in [0.5, 0.6) is 0 Å². The standard InChI is InChI=1S/C5H12N2O2/c1-3(6)5(9)4(7)2-8/h3-4,8H,2,6-7H2,1H3. The van der Waals surface area contributed by atoms with Crippen molar-refractivity contribution in [2.75, 3.05) is 6.61 Å². The Hall–Kier alpha value is -0.450. The van der Waals surface area contributed by atoms with Gasteiger partial charge in [0.2, 0.25) is 0 Å². The average Bonchev–Trinajstić information content (AvgIpc) is 1.84. The fourth-order valence-corrected chi connectivity index (χ4v) is 0.428. The van der Waals surface area contributed by atoms with E-state index in [1.165, 1.54) is 6.92 Å². The molecule has 0 aliphatic carbocycles. The van der Waals surface area contributed by atoms with Gasteiger partial charge in [0.05, 0.1) is 18.7 Å². The largest absolute Gasteiger partial charge is 0.394 e. The van der Waals surface area contributed by atoms with Gasteiger partial charge in [0, 0.05) is 0 Å². The van der Waals surface area contributed by atoms with E-state index >= 15 is 0 Å². The van der Waals surface area contributed by atoms with E-state index in [0.29, 0.717) is 0 Å². The average molecular weight is 132 g/mol. The first-order valence-corrected chi connectivity index (χ1v) is 2.75. The van der Waals surface area contributed by atoms with Gasteiger partial charge in [0.1, 0.15) is 0 Å². The summed E-state index contributed by atoms with van der Waals surface area (Å²) in [5, 5.41) is 8.35. The maximum absolute atomic E-state index is 10.7. The molecule has 0 aromatic carbocycles. The van der Waals surface area contributed by atoms with E-state index in [0.717, 1.165) is 0 Å². The van der Waals surface area contributed by atoms with Crippen LogP contribution in [-0.4, -0.2) is 29.6 Å². The SMILES string of the molecule is CC(N)C(=O)C(N)CO. The predicted octanol–water partition coefficient (Wildman–Crippen LogP) is -1.78. The molecule has 2 unspecified atom stereocenters. The Morgan fingerprint density at radius 1 is 1.67 bits per heavy atom. The number of rotatable bonds is 3. The van der Waals surface area contributed by atoms with E-state index in [2.05, 4.69) is 0 Å². The monoisotopic (exact) mass is 132 g/mol. The molecule has 5 N–H and O–H groups in total. The molecule has 2 atom stereocenters. The van der Waals surface area contributed by atoms with Crippen LogP contribution in [0.2, 0.25) is 0 Å². The first-order chi connectivity index (χ1) is 4.09. The number of nitrogens with two attached hydrogens (primary N) is 2. The Bertz CT molecular complexity index is 103. The summed E-state index contributed by atoms with van der Waals surface area (Å²) >= 11 is 0. The summed E-state index contributed by atoms with van der Waals surface area (Å²) < 4.78 is 0. The van der Waals surface area contributed by atoms with Gasteiger partial charge in [0.25, 0.3) is 0 Å². The molecule has 4 heteroatoms. The van der Waals surface area contributed by atoms with E-state index in [4.69, 9.17) is 16.6 Å². The van der Waals surface area contributed by atoms with Crippen LogP contribution < -0.4 is 11.5 Å². The molecule has 0 spiro atoms. The van der Waals surface area contributed by atoms with Crippen molar-refractivity contribution < 1.29 is 9.90 Å². The lowest BCUT2D eigenvalue weighted by Gasteiger charge is -2.08. The van der Waals surface area contributed by atoms with Crippen molar-refractivity contribution in [2.24, 2.45) is 11.5 Å². The number of hydrogen-bond donors (Lipinski definition) is 3. The van der Waals surface area contributed by atoms with Gasteiger partial charge in [-0.1, -0.05) is 0 Å². The van der Waals surface area contributed by atoms with Crippen molar-refractivity contribution in [3.63, 3.8) is 0 Å². The minimum absolute atomic E-state index is 0.308. The Labute approximate surface area is 53.8 Å². The van der Waals surface area contributed by atoms with E-state index in [-0.39, 0.29) is 12.4 Å². The first kappa shape index (κ1) is 8.55. The number of aliphatic hydroxyl groups is 1. The number of Topliss-reactive ketones (excluding diaryl/α,β-unsaturated/α-hetero) is 1. The number of aliphatic hydroxyl groups excluding tert-OH is 1. The third kappa shape index (κ3) is 2.55. The Kier molecular flexibility index (Phi) is 3.37. The summed E-state index contributed by atoms with van der Waals surface area (Å²) in [4.78, 5) is 10.7. The summed E-state index contributed by atoms with van der Waals surface area (Å²) in [7, 11) is 0. The number of ketones is 1. The van der Waals surface area contributed by atoms with Gasteiger partial charge in [-0.15, -0.1) is 0 Å². The normalized spacial score (nSPS) is 16.9. The molecule has 0 saturated heterocycles. The van der Waals surface area contributed by atoms with Crippen LogP contribution in [0.3, 0.4) is 0 Å². The van der Waals surface area contributed by atoms with Crippen molar-refractivity contribution in [3.8, 4) is 0 Å². The van der Waals surface area contributed by atoms with Gasteiger partial charge < -0.3 is 16.6 Å². The predicted molar refractivity (Wildman–Crippen MR) is 33.7 cm³/mol. The second kappa shape index (κ2) is 3.55. The topological polar surface area (TPSA) is 89.3 Å². The minimum Gasteiger partial charge on any atom is -0.394 e. The summed E-state index contributed by atoms with van der Waals surface area (Å²) in [6.07, 6.45) is 0. The highest BCUT2D eigenvalue weighted by molar-refractivity contribution is 5.88. The third-order valence-corrected chi connectivity index (χ3v) is 1.01. The van der Waals surface area contributed by atoms with Crippen LogP contribution in [0.1, 0.15) is 6.92 Å². The molecule has 0 amide bonds. The van der Waals surface area contributed by atoms with E-state index in [1.807, 2.05) is 0 Å². The zero-order chi connectivity index (χ0) is 7.44. The third-order valence-electron chi connectivity index (χ3n) is 1.01. The highest BCUT2D eigenvalue weighted by atomic mass is 16.3. The molecule has 0 rings (SSSR count). The number of carbonyl (C=O) groups excluding carboxylic acids is 1. The molecule has 0 radical (unpaired) electrons. The van der Waals surface area contributed by atoms with Crippen LogP contribution in [0, 0.1) is 0 Å². The highest BCUT2D eigenvalue weighted by Gasteiger charge is 2.15. The smallest absolute Gasteiger partial charge is 0.168 e. The summed E-state index contributed by atoms with van der Waals surface area (Å²) in [6.45, 7) is 1.21. The van der Waals surface area contributed by atoms with Gasteiger partial charge in [0.15, 0.2) is 5.78 Å². The number of carbonyl (C=O) groups is 1. The summed E-state index contributed by atoms with van der Waals surface area (Å²) in [5.41, 5.74) is 10.3. The molecule has 0 aliphatic heterocycles. The van der Waals surface area contributed by atoms with Crippen LogP contribution in [0.15, 0.2) is 0 Å². The zero-order valence-corrected chi connectivity index (χ0v) is 5.37. The molecule has 0 bridgehead atoms. The second-order valence-electron chi connectivity index (χ2n) is 1.98. The van der Waals surface area contributed by atoms with E-state index in [9.17, 15) is 4.79 Å². The number of hydrogen-bond acceptors (Lipinski definition) is 4.